The zero-order valence-corrected chi connectivity index (χ0v) is 13.3. The number of hydrogen-bond donors (Lipinski definition) is 2. The van der Waals surface area contributed by atoms with E-state index in [9.17, 15) is 4.79 Å². The molecule has 23 heavy (non-hydrogen) atoms. The van der Waals surface area contributed by atoms with E-state index >= 15 is 0 Å². The molecule has 4 nitrogen and oxygen atoms in total. The molecule has 1 amide bonds. The van der Waals surface area contributed by atoms with Crippen molar-refractivity contribution < 1.29 is 4.79 Å². The minimum absolute atomic E-state index is 0.0239. The van der Waals surface area contributed by atoms with Gasteiger partial charge in [-0.05, 0) is 50.3 Å². The van der Waals surface area contributed by atoms with Gasteiger partial charge in [0.1, 0.15) is 0 Å². The maximum Gasteiger partial charge on any atom is 0.252 e. The number of nitrogens with one attached hydrogen (secondary N) is 1. The smallest absolute Gasteiger partial charge is 0.252 e. The van der Waals surface area contributed by atoms with Crippen molar-refractivity contribution >= 4 is 16.8 Å². The lowest BCUT2D eigenvalue weighted by Crippen LogP contribution is -2.40. The molecule has 0 aliphatic heterocycles. The lowest BCUT2D eigenvalue weighted by molar-refractivity contribution is 0.0930. The van der Waals surface area contributed by atoms with Gasteiger partial charge in [-0.1, -0.05) is 24.6 Å². The van der Waals surface area contributed by atoms with E-state index in [2.05, 4.69) is 5.32 Å². The molecule has 1 aromatic carbocycles. The number of carbonyl (C=O) groups is 1. The van der Waals surface area contributed by atoms with Crippen LogP contribution in [0.3, 0.4) is 0 Å². The fourth-order valence-corrected chi connectivity index (χ4v) is 3.73. The van der Waals surface area contributed by atoms with E-state index in [-0.39, 0.29) is 11.9 Å². The summed E-state index contributed by atoms with van der Waals surface area (Å²) in [4.78, 5) is 17.6. The van der Waals surface area contributed by atoms with Gasteiger partial charge in [0, 0.05) is 23.0 Å². The van der Waals surface area contributed by atoms with Gasteiger partial charge >= 0.3 is 0 Å². The van der Waals surface area contributed by atoms with Gasteiger partial charge in [0.2, 0.25) is 0 Å². The second kappa shape index (κ2) is 5.93. The van der Waals surface area contributed by atoms with Gasteiger partial charge in [-0.2, -0.15) is 0 Å². The van der Waals surface area contributed by atoms with Crippen molar-refractivity contribution in [2.45, 2.75) is 44.1 Å². The van der Waals surface area contributed by atoms with Gasteiger partial charge in [0.25, 0.3) is 5.91 Å². The number of nitrogens with zero attached hydrogens (tertiary/aromatic N) is 1. The molecule has 2 aromatic rings. The molecule has 120 valence electrons. The Morgan fingerprint density at radius 1 is 1.22 bits per heavy atom. The minimum Gasteiger partial charge on any atom is -0.349 e. The van der Waals surface area contributed by atoms with E-state index in [0.29, 0.717) is 18.4 Å². The average Bonchev–Trinajstić information content (AvgIpc) is 3.34. The maximum absolute atomic E-state index is 12.9. The monoisotopic (exact) mass is 309 g/mol. The highest BCUT2D eigenvalue weighted by atomic mass is 16.1. The van der Waals surface area contributed by atoms with E-state index in [4.69, 9.17) is 10.7 Å². The number of benzene rings is 1. The van der Waals surface area contributed by atoms with Crippen LogP contribution < -0.4 is 11.1 Å². The average molecular weight is 309 g/mol. The second-order valence-corrected chi connectivity index (χ2v) is 6.89. The van der Waals surface area contributed by atoms with Gasteiger partial charge in [0.15, 0.2) is 0 Å². The van der Waals surface area contributed by atoms with Crippen LogP contribution in [0.15, 0.2) is 30.3 Å². The summed E-state index contributed by atoms with van der Waals surface area (Å²) in [5.41, 5.74) is 8.59. The Morgan fingerprint density at radius 3 is 2.83 bits per heavy atom. The zero-order valence-electron chi connectivity index (χ0n) is 13.3. The van der Waals surface area contributed by atoms with Crippen molar-refractivity contribution in [1.82, 2.24) is 10.3 Å². The lowest BCUT2D eigenvalue weighted by Gasteiger charge is -2.20. The van der Waals surface area contributed by atoms with E-state index in [0.717, 1.165) is 41.4 Å². The number of rotatable bonds is 4. The summed E-state index contributed by atoms with van der Waals surface area (Å²) in [6, 6.07) is 10.1. The molecule has 2 fully saturated rings. The molecular formula is C19H23N3O. The molecule has 0 radical (unpaired) electrons. The van der Waals surface area contributed by atoms with Crippen LogP contribution in [0.4, 0.5) is 0 Å². The minimum atomic E-state index is 0.0239. The molecule has 2 aliphatic rings. The third-order valence-electron chi connectivity index (χ3n) is 5.25. The Bertz CT molecular complexity index is 738. The van der Waals surface area contributed by atoms with Crippen LogP contribution in [0.2, 0.25) is 0 Å². The van der Waals surface area contributed by atoms with Gasteiger partial charge in [-0.25, -0.2) is 0 Å². The Labute approximate surface area is 136 Å². The second-order valence-electron chi connectivity index (χ2n) is 6.89. The summed E-state index contributed by atoms with van der Waals surface area (Å²) >= 11 is 0. The van der Waals surface area contributed by atoms with Crippen molar-refractivity contribution in [2.75, 3.05) is 6.54 Å². The molecule has 2 aliphatic carbocycles. The third kappa shape index (κ3) is 2.83. The Kier molecular flexibility index (Phi) is 3.77. The highest BCUT2D eigenvalue weighted by Gasteiger charge is 2.30. The maximum atomic E-state index is 12.9. The lowest BCUT2D eigenvalue weighted by atomic mass is 10.0. The molecule has 4 heteroatoms. The first-order valence-corrected chi connectivity index (χ1v) is 8.67. The van der Waals surface area contributed by atoms with Gasteiger partial charge in [-0.15, -0.1) is 0 Å². The normalized spacial score (nSPS) is 24.0. The number of fused-ring (bicyclic) bond motifs is 1. The third-order valence-corrected chi connectivity index (χ3v) is 5.25. The summed E-state index contributed by atoms with van der Waals surface area (Å²) in [6.07, 6.45) is 5.67. The topological polar surface area (TPSA) is 68.0 Å². The number of carbonyl (C=O) groups excluding carboxylic acids is 1. The predicted octanol–water partition coefficient (Wildman–Crippen LogP) is 2.97. The number of amides is 1. The van der Waals surface area contributed by atoms with Crippen LogP contribution in [0.25, 0.3) is 10.9 Å². The van der Waals surface area contributed by atoms with Gasteiger partial charge in [0.05, 0.1) is 11.1 Å². The van der Waals surface area contributed by atoms with Crippen molar-refractivity contribution in [3.05, 3.63) is 41.6 Å². The first-order chi connectivity index (χ1) is 11.3. The van der Waals surface area contributed by atoms with E-state index in [1.165, 1.54) is 12.8 Å². The summed E-state index contributed by atoms with van der Waals surface area (Å²) in [7, 11) is 0. The molecule has 3 N–H and O–H groups in total. The fraction of sp³-hybridized carbons (Fsp3) is 0.474. The largest absolute Gasteiger partial charge is 0.349 e. The van der Waals surface area contributed by atoms with Crippen molar-refractivity contribution in [3.63, 3.8) is 0 Å². The Balaban J connectivity index is 1.67. The molecule has 1 heterocycles. The number of pyridine rings is 1. The predicted molar refractivity (Wildman–Crippen MR) is 91.4 cm³/mol. The molecule has 4 rings (SSSR count). The number of nitrogens with two attached hydrogens (primary N) is 1. The van der Waals surface area contributed by atoms with E-state index in [1.807, 2.05) is 30.3 Å². The van der Waals surface area contributed by atoms with Crippen molar-refractivity contribution in [2.24, 2.45) is 11.7 Å². The summed E-state index contributed by atoms with van der Waals surface area (Å²) in [5.74, 6) is 0.972. The van der Waals surface area contributed by atoms with Gasteiger partial charge < -0.3 is 11.1 Å². The molecule has 2 unspecified atom stereocenters. The molecule has 0 spiro atoms. The van der Waals surface area contributed by atoms with E-state index in [1.54, 1.807) is 0 Å². The molecule has 1 aromatic heterocycles. The molecule has 0 saturated heterocycles. The van der Waals surface area contributed by atoms with Gasteiger partial charge in [-0.3, -0.25) is 9.78 Å². The highest BCUT2D eigenvalue weighted by Crippen LogP contribution is 2.40. The summed E-state index contributed by atoms with van der Waals surface area (Å²) in [6.45, 7) is 0.648. The SMILES string of the molecule is NCC1CCCC1NC(=O)c1cc(C2CC2)nc2ccccc12. The van der Waals surface area contributed by atoms with Crippen LogP contribution in [0, 0.1) is 5.92 Å². The van der Waals surface area contributed by atoms with Crippen molar-refractivity contribution in [1.29, 1.82) is 0 Å². The quantitative estimate of drug-likeness (QED) is 0.912. The number of para-hydroxylation sites is 1. The summed E-state index contributed by atoms with van der Waals surface area (Å²) in [5, 5.41) is 4.17. The van der Waals surface area contributed by atoms with Crippen LogP contribution >= 0.6 is 0 Å². The first-order valence-electron chi connectivity index (χ1n) is 8.67. The molecule has 0 bridgehead atoms. The Morgan fingerprint density at radius 2 is 2.04 bits per heavy atom. The molecule has 2 saturated carbocycles. The highest BCUT2D eigenvalue weighted by molar-refractivity contribution is 6.06. The van der Waals surface area contributed by atoms with E-state index < -0.39 is 0 Å². The van der Waals surface area contributed by atoms with Crippen LogP contribution in [-0.4, -0.2) is 23.5 Å². The Hall–Kier alpha value is -1.94. The standard InChI is InChI=1S/C19H23N3O/c20-11-13-4-3-7-16(13)22-19(23)15-10-18(12-8-9-12)21-17-6-2-1-5-14(15)17/h1-2,5-6,10,12-13,16H,3-4,7-9,11,20H2,(H,22,23). The van der Waals surface area contributed by atoms with Crippen molar-refractivity contribution in [3.8, 4) is 0 Å². The van der Waals surface area contributed by atoms with Crippen LogP contribution in [0.1, 0.15) is 54.1 Å². The van der Waals surface area contributed by atoms with Crippen LogP contribution in [0.5, 0.6) is 0 Å². The fourth-order valence-electron chi connectivity index (χ4n) is 3.73. The first kappa shape index (κ1) is 14.6. The zero-order chi connectivity index (χ0) is 15.8. The number of aromatic nitrogens is 1. The molecular weight excluding hydrogens is 286 g/mol. The number of hydrogen-bond acceptors (Lipinski definition) is 3. The van der Waals surface area contributed by atoms with Crippen LogP contribution in [-0.2, 0) is 0 Å². The molecule has 2 atom stereocenters. The summed E-state index contributed by atoms with van der Waals surface area (Å²) < 4.78 is 0.